The van der Waals surface area contributed by atoms with Crippen molar-refractivity contribution >= 4 is 40.5 Å². The number of hydrogen-bond acceptors (Lipinski definition) is 4. The molecule has 1 N–H and O–H groups in total. The summed E-state index contributed by atoms with van der Waals surface area (Å²) in [6.45, 7) is 1.45. The van der Waals surface area contributed by atoms with Crippen molar-refractivity contribution in [2.75, 3.05) is 11.9 Å². The molecule has 0 aromatic heterocycles. The molecule has 0 radical (unpaired) electrons. The molecule has 0 saturated carbocycles. The Morgan fingerprint density at radius 1 is 1.03 bits per heavy atom. The van der Waals surface area contributed by atoms with Crippen LogP contribution in [0.1, 0.15) is 23.6 Å². The summed E-state index contributed by atoms with van der Waals surface area (Å²) in [4.78, 5) is 11.0. The maximum atomic E-state index is 13.8. The first-order chi connectivity index (χ1) is 15.6. The third-order valence-electron chi connectivity index (χ3n) is 4.49. The van der Waals surface area contributed by atoms with Crippen molar-refractivity contribution in [3.8, 4) is 11.5 Å². The van der Waals surface area contributed by atoms with Crippen LogP contribution in [0.5, 0.6) is 11.5 Å². The summed E-state index contributed by atoms with van der Waals surface area (Å²) in [6, 6.07) is 17.4. The van der Waals surface area contributed by atoms with Crippen LogP contribution in [0.25, 0.3) is 0 Å². The van der Waals surface area contributed by atoms with Crippen LogP contribution < -0.4 is 14.8 Å². The second kappa shape index (κ2) is 10.7. The summed E-state index contributed by atoms with van der Waals surface area (Å²) in [5.74, 6) is -0.289. The molecule has 3 aromatic rings. The largest absolute Gasteiger partial charge is 0.493 e. The first-order valence-electron chi connectivity index (χ1n) is 9.81. The fourth-order valence-corrected chi connectivity index (χ4v) is 3.45. The van der Waals surface area contributed by atoms with E-state index in [1.54, 1.807) is 0 Å². The SMILES string of the molecule is CC(=O)Oc1ccc(Cl)c(NC(=S)c2ccc(OCCc3ccccc3)cc2C(F)(F)F)c1. The molecular weight excluding hydrogens is 475 g/mol. The summed E-state index contributed by atoms with van der Waals surface area (Å²) < 4.78 is 51.8. The minimum atomic E-state index is -4.66. The van der Waals surface area contributed by atoms with Crippen LogP contribution in [0.4, 0.5) is 18.9 Å². The summed E-state index contributed by atoms with van der Waals surface area (Å²) in [5, 5.41) is 2.90. The lowest BCUT2D eigenvalue weighted by molar-refractivity contribution is -0.137. The van der Waals surface area contributed by atoms with Gasteiger partial charge in [-0.2, -0.15) is 13.2 Å². The molecule has 0 heterocycles. The number of alkyl halides is 3. The molecule has 0 aliphatic rings. The maximum Gasteiger partial charge on any atom is 0.417 e. The summed E-state index contributed by atoms with van der Waals surface area (Å²) in [6.07, 6.45) is -4.11. The molecule has 0 aliphatic carbocycles. The van der Waals surface area contributed by atoms with E-state index in [0.29, 0.717) is 6.42 Å². The van der Waals surface area contributed by atoms with Crippen LogP contribution in [0, 0.1) is 0 Å². The molecule has 0 unspecified atom stereocenters. The Labute approximate surface area is 199 Å². The summed E-state index contributed by atoms with van der Waals surface area (Å²) in [7, 11) is 0. The van der Waals surface area contributed by atoms with Gasteiger partial charge in [0.05, 0.1) is 22.9 Å². The van der Waals surface area contributed by atoms with E-state index in [-0.39, 0.29) is 39.4 Å². The van der Waals surface area contributed by atoms with Gasteiger partial charge in [-0.1, -0.05) is 54.2 Å². The Kier molecular flexibility index (Phi) is 7.94. The zero-order valence-electron chi connectivity index (χ0n) is 17.4. The van der Waals surface area contributed by atoms with E-state index in [1.165, 1.54) is 37.3 Å². The van der Waals surface area contributed by atoms with E-state index in [2.05, 4.69) is 5.32 Å². The zero-order valence-corrected chi connectivity index (χ0v) is 19.0. The molecule has 3 rings (SSSR count). The van der Waals surface area contributed by atoms with Crippen molar-refractivity contribution in [3.63, 3.8) is 0 Å². The van der Waals surface area contributed by atoms with Gasteiger partial charge in [-0.3, -0.25) is 4.79 Å². The minimum absolute atomic E-state index is 0.0831. The summed E-state index contributed by atoms with van der Waals surface area (Å²) in [5.41, 5.74) is 0.0477. The molecule has 0 aliphatic heterocycles. The monoisotopic (exact) mass is 493 g/mol. The van der Waals surface area contributed by atoms with Crippen molar-refractivity contribution < 1.29 is 27.4 Å². The fraction of sp³-hybridized carbons (Fsp3) is 0.167. The Morgan fingerprint density at radius 2 is 1.73 bits per heavy atom. The average Bonchev–Trinajstić information content (AvgIpc) is 2.76. The molecule has 0 amide bonds. The van der Waals surface area contributed by atoms with E-state index >= 15 is 0 Å². The van der Waals surface area contributed by atoms with Gasteiger partial charge >= 0.3 is 12.1 Å². The van der Waals surface area contributed by atoms with Crippen LogP contribution >= 0.6 is 23.8 Å². The number of benzene rings is 3. The lowest BCUT2D eigenvalue weighted by Gasteiger charge is -2.17. The highest BCUT2D eigenvalue weighted by Crippen LogP contribution is 2.36. The van der Waals surface area contributed by atoms with E-state index < -0.39 is 17.7 Å². The molecule has 0 fully saturated rings. The normalized spacial score (nSPS) is 11.1. The number of hydrogen-bond donors (Lipinski definition) is 1. The topological polar surface area (TPSA) is 47.6 Å². The smallest absolute Gasteiger partial charge is 0.417 e. The maximum absolute atomic E-state index is 13.8. The zero-order chi connectivity index (χ0) is 24.0. The highest BCUT2D eigenvalue weighted by molar-refractivity contribution is 7.81. The molecule has 0 saturated heterocycles. The van der Waals surface area contributed by atoms with Gasteiger partial charge in [-0.15, -0.1) is 0 Å². The first-order valence-corrected chi connectivity index (χ1v) is 10.6. The molecular formula is C24H19ClF3NO3S. The van der Waals surface area contributed by atoms with Crippen molar-refractivity contribution in [2.45, 2.75) is 19.5 Å². The highest BCUT2D eigenvalue weighted by atomic mass is 35.5. The first kappa shape index (κ1) is 24.5. The van der Waals surface area contributed by atoms with Gasteiger partial charge in [0.15, 0.2) is 0 Å². The van der Waals surface area contributed by atoms with Crippen LogP contribution in [0.3, 0.4) is 0 Å². The third-order valence-corrected chi connectivity index (χ3v) is 5.14. The molecule has 0 atom stereocenters. The number of thiocarbonyl (C=S) groups is 1. The van der Waals surface area contributed by atoms with E-state index in [4.69, 9.17) is 33.3 Å². The number of carbonyl (C=O) groups is 1. The number of nitrogens with one attached hydrogen (secondary N) is 1. The van der Waals surface area contributed by atoms with Crippen LogP contribution in [-0.4, -0.2) is 17.6 Å². The number of anilines is 1. The summed E-state index contributed by atoms with van der Waals surface area (Å²) >= 11 is 11.3. The molecule has 3 aromatic carbocycles. The van der Waals surface area contributed by atoms with Crippen LogP contribution in [0.2, 0.25) is 5.02 Å². The van der Waals surface area contributed by atoms with Gasteiger partial charge in [-0.05, 0) is 35.9 Å². The predicted molar refractivity (Wildman–Crippen MR) is 125 cm³/mol. The fourth-order valence-electron chi connectivity index (χ4n) is 3.00. The highest BCUT2D eigenvalue weighted by Gasteiger charge is 2.35. The van der Waals surface area contributed by atoms with Crippen LogP contribution in [-0.2, 0) is 17.4 Å². The van der Waals surface area contributed by atoms with Crippen molar-refractivity contribution in [1.29, 1.82) is 0 Å². The van der Waals surface area contributed by atoms with Gasteiger partial charge in [0, 0.05) is 25.0 Å². The molecule has 4 nitrogen and oxygen atoms in total. The molecule has 9 heteroatoms. The number of rotatable bonds is 7. The third kappa shape index (κ3) is 6.94. The minimum Gasteiger partial charge on any atom is -0.493 e. The Bertz CT molecular complexity index is 1150. The van der Waals surface area contributed by atoms with Gasteiger partial charge in [0.2, 0.25) is 0 Å². The Hall–Kier alpha value is -3.10. The lowest BCUT2D eigenvalue weighted by atomic mass is 10.1. The van der Waals surface area contributed by atoms with E-state index in [9.17, 15) is 18.0 Å². The molecule has 33 heavy (non-hydrogen) atoms. The standard InChI is InChI=1S/C24H19ClF3NO3S/c1-15(30)32-18-8-10-21(25)22(14-18)29-23(33)19-9-7-17(13-20(19)24(26,27)28)31-12-11-16-5-3-2-4-6-16/h2-10,13-14H,11-12H2,1H3,(H,29,33). The van der Waals surface area contributed by atoms with Gasteiger partial charge in [0.25, 0.3) is 0 Å². The van der Waals surface area contributed by atoms with Crippen molar-refractivity contribution in [2.24, 2.45) is 0 Å². The van der Waals surface area contributed by atoms with E-state index in [1.807, 2.05) is 30.3 Å². The number of carbonyl (C=O) groups excluding carboxylic acids is 1. The average molecular weight is 494 g/mol. The number of esters is 1. The van der Waals surface area contributed by atoms with E-state index in [0.717, 1.165) is 11.6 Å². The van der Waals surface area contributed by atoms with Gasteiger partial charge < -0.3 is 14.8 Å². The second-order valence-corrected chi connectivity index (χ2v) is 7.79. The van der Waals surface area contributed by atoms with Crippen molar-refractivity contribution in [1.82, 2.24) is 0 Å². The second-order valence-electron chi connectivity index (χ2n) is 6.98. The molecule has 0 spiro atoms. The van der Waals surface area contributed by atoms with Gasteiger partial charge in [0.1, 0.15) is 16.5 Å². The molecule has 0 bridgehead atoms. The number of halogens is 4. The molecule has 172 valence electrons. The van der Waals surface area contributed by atoms with Gasteiger partial charge in [-0.25, -0.2) is 0 Å². The quantitative estimate of drug-likeness (QED) is 0.225. The predicted octanol–water partition coefficient (Wildman–Crippen LogP) is 6.69. The van der Waals surface area contributed by atoms with Crippen molar-refractivity contribution in [3.05, 3.63) is 88.4 Å². The van der Waals surface area contributed by atoms with Crippen LogP contribution in [0.15, 0.2) is 66.7 Å². The Balaban J connectivity index is 1.79. The lowest BCUT2D eigenvalue weighted by Crippen LogP contribution is -2.18. The Morgan fingerprint density at radius 3 is 2.39 bits per heavy atom. The number of ether oxygens (including phenoxy) is 2.